The van der Waals surface area contributed by atoms with Gasteiger partial charge in [0.2, 0.25) is 0 Å². The van der Waals surface area contributed by atoms with E-state index in [-0.39, 0.29) is 5.91 Å². The Bertz CT molecular complexity index is 467. The number of nitrogens with two attached hydrogens (primary N) is 1. The number of hydrogen-bond donors (Lipinski definition) is 2. The molecule has 1 aliphatic carbocycles. The summed E-state index contributed by atoms with van der Waals surface area (Å²) in [4.78, 5) is 16.1. The standard InChI is InChI=1S/C15H23N3OS/c16-17-15(19)14-8-7-12(20-14)10-18-9-3-6-13(18)11-4-1-2-5-11/h7-8,11,13H,1-6,9-10,16H2,(H,17,19). The summed E-state index contributed by atoms with van der Waals surface area (Å²) in [6.07, 6.45) is 8.32. The molecule has 1 aliphatic heterocycles. The average molecular weight is 293 g/mol. The van der Waals surface area contributed by atoms with E-state index in [1.54, 1.807) is 11.3 Å². The Labute approximate surface area is 124 Å². The van der Waals surface area contributed by atoms with Gasteiger partial charge in [-0.15, -0.1) is 11.3 Å². The summed E-state index contributed by atoms with van der Waals surface area (Å²) >= 11 is 1.56. The normalized spacial score (nSPS) is 24.4. The maximum atomic E-state index is 11.5. The highest BCUT2D eigenvalue weighted by Crippen LogP contribution is 2.36. The van der Waals surface area contributed by atoms with Crippen LogP contribution in [0.4, 0.5) is 0 Å². The van der Waals surface area contributed by atoms with Crippen LogP contribution in [0.5, 0.6) is 0 Å². The number of nitrogen functional groups attached to an aromatic ring is 1. The minimum Gasteiger partial charge on any atom is -0.295 e. The molecule has 1 aromatic rings. The monoisotopic (exact) mass is 293 g/mol. The SMILES string of the molecule is NNC(=O)c1ccc(CN2CCCC2C2CCCC2)s1. The van der Waals surface area contributed by atoms with Gasteiger partial charge in [-0.3, -0.25) is 15.1 Å². The second-order valence-electron chi connectivity index (χ2n) is 5.96. The molecule has 0 spiro atoms. The van der Waals surface area contributed by atoms with E-state index in [9.17, 15) is 4.79 Å². The van der Waals surface area contributed by atoms with Crippen LogP contribution in [0, 0.1) is 5.92 Å². The van der Waals surface area contributed by atoms with Crippen molar-refractivity contribution in [2.75, 3.05) is 6.54 Å². The number of carbonyl (C=O) groups is 1. The fourth-order valence-electron chi connectivity index (χ4n) is 3.78. The Morgan fingerprint density at radius 1 is 1.30 bits per heavy atom. The molecule has 1 atom stereocenters. The van der Waals surface area contributed by atoms with E-state index in [2.05, 4.69) is 16.4 Å². The van der Waals surface area contributed by atoms with Crippen molar-refractivity contribution < 1.29 is 4.79 Å². The van der Waals surface area contributed by atoms with Gasteiger partial charge in [-0.2, -0.15) is 0 Å². The van der Waals surface area contributed by atoms with Crippen LogP contribution in [0.25, 0.3) is 0 Å². The van der Waals surface area contributed by atoms with Gasteiger partial charge in [-0.1, -0.05) is 12.8 Å². The highest BCUT2D eigenvalue weighted by atomic mass is 32.1. The number of nitrogens with one attached hydrogen (secondary N) is 1. The lowest BCUT2D eigenvalue weighted by Crippen LogP contribution is -2.33. The average Bonchev–Trinajstić information content (AvgIpc) is 3.18. The molecule has 2 heterocycles. The molecule has 1 aromatic heterocycles. The second-order valence-corrected chi connectivity index (χ2v) is 7.13. The van der Waals surface area contributed by atoms with Crippen LogP contribution in [-0.2, 0) is 6.54 Å². The van der Waals surface area contributed by atoms with Gasteiger partial charge >= 0.3 is 0 Å². The van der Waals surface area contributed by atoms with E-state index in [1.165, 1.54) is 49.9 Å². The first-order chi connectivity index (χ1) is 9.78. The van der Waals surface area contributed by atoms with Gasteiger partial charge in [-0.05, 0) is 50.3 Å². The maximum Gasteiger partial charge on any atom is 0.275 e. The van der Waals surface area contributed by atoms with Crippen molar-refractivity contribution in [1.82, 2.24) is 10.3 Å². The summed E-state index contributed by atoms with van der Waals surface area (Å²) in [5.41, 5.74) is 2.20. The van der Waals surface area contributed by atoms with Crippen molar-refractivity contribution in [3.63, 3.8) is 0 Å². The van der Waals surface area contributed by atoms with Gasteiger partial charge in [0.05, 0.1) is 4.88 Å². The zero-order valence-electron chi connectivity index (χ0n) is 11.8. The molecule has 1 saturated heterocycles. The number of hydrogen-bond acceptors (Lipinski definition) is 4. The molecule has 0 radical (unpaired) electrons. The summed E-state index contributed by atoms with van der Waals surface area (Å²) in [5, 5.41) is 0. The fraction of sp³-hybridized carbons (Fsp3) is 0.667. The first-order valence-corrected chi connectivity index (χ1v) is 8.43. The molecular weight excluding hydrogens is 270 g/mol. The molecule has 4 nitrogen and oxygen atoms in total. The second kappa shape index (κ2) is 6.24. The first-order valence-electron chi connectivity index (χ1n) is 7.61. The number of carbonyl (C=O) groups excluding carboxylic acids is 1. The highest BCUT2D eigenvalue weighted by molar-refractivity contribution is 7.14. The summed E-state index contributed by atoms with van der Waals surface area (Å²) in [6, 6.07) is 4.72. The fourth-order valence-corrected chi connectivity index (χ4v) is 4.72. The largest absolute Gasteiger partial charge is 0.295 e. The number of likely N-dealkylation sites (tertiary alicyclic amines) is 1. The molecule has 5 heteroatoms. The number of hydrazine groups is 1. The summed E-state index contributed by atoms with van der Waals surface area (Å²) < 4.78 is 0. The third-order valence-corrected chi connectivity index (χ3v) is 5.80. The van der Waals surface area contributed by atoms with Crippen LogP contribution in [-0.4, -0.2) is 23.4 Å². The lowest BCUT2D eigenvalue weighted by molar-refractivity contribution is 0.0957. The van der Waals surface area contributed by atoms with Crippen LogP contribution in [0.2, 0.25) is 0 Å². The van der Waals surface area contributed by atoms with E-state index in [1.807, 2.05) is 6.07 Å². The van der Waals surface area contributed by atoms with Gasteiger partial charge in [0, 0.05) is 17.5 Å². The predicted octanol–water partition coefficient (Wildman–Crippen LogP) is 2.51. The molecule has 1 unspecified atom stereocenters. The molecule has 2 aliphatic rings. The highest BCUT2D eigenvalue weighted by Gasteiger charge is 2.33. The Balaban J connectivity index is 1.64. The van der Waals surface area contributed by atoms with Crippen molar-refractivity contribution >= 4 is 17.2 Å². The zero-order valence-corrected chi connectivity index (χ0v) is 12.6. The summed E-state index contributed by atoms with van der Waals surface area (Å²) in [5.74, 6) is 5.90. The van der Waals surface area contributed by atoms with Crippen molar-refractivity contribution in [3.05, 3.63) is 21.9 Å². The minimum atomic E-state index is -0.185. The Morgan fingerprint density at radius 3 is 2.85 bits per heavy atom. The van der Waals surface area contributed by atoms with E-state index in [4.69, 9.17) is 5.84 Å². The van der Waals surface area contributed by atoms with Gasteiger partial charge in [0.15, 0.2) is 0 Å². The molecule has 110 valence electrons. The lowest BCUT2D eigenvalue weighted by atomic mass is 9.96. The van der Waals surface area contributed by atoms with Crippen molar-refractivity contribution in [2.45, 2.75) is 51.1 Å². The molecule has 1 saturated carbocycles. The first kappa shape index (κ1) is 14.0. The zero-order chi connectivity index (χ0) is 13.9. The van der Waals surface area contributed by atoms with Crippen LogP contribution < -0.4 is 11.3 Å². The molecule has 0 bridgehead atoms. The third-order valence-electron chi connectivity index (χ3n) is 4.73. The minimum absolute atomic E-state index is 0.185. The maximum absolute atomic E-state index is 11.5. The molecule has 3 rings (SSSR count). The van der Waals surface area contributed by atoms with Crippen molar-refractivity contribution in [3.8, 4) is 0 Å². The lowest BCUT2D eigenvalue weighted by Gasteiger charge is -2.28. The Kier molecular flexibility index (Phi) is 4.38. The van der Waals surface area contributed by atoms with Gasteiger partial charge in [0.1, 0.15) is 0 Å². The van der Waals surface area contributed by atoms with E-state index < -0.39 is 0 Å². The molecule has 0 aromatic carbocycles. The van der Waals surface area contributed by atoms with E-state index in [0.29, 0.717) is 4.88 Å². The number of thiophene rings is 1. The van der Waals surface area contributed by atoms with Crippen molar-refractivity contribution in [1.29, 1.82) is 0 Å². The molecule has 1 amide bonds. The Morgan fingerprint density at radius 2 is 2.10 bits per heavy atom. The van der Waals surface area contributed by atoms with Gasteiger partial charge in [-0.25, -0.2) is 5.84 Å². The summed E-state index contributed by atoms with van der Waals surface area (Å²) in [6.45, 7) is 2.20. The Hall–Kier alpha value is -0.910. The van der Waals surface area contributed by atoms with Crippen molar-refractivity contribution in [2.24, 2.45) is 11.8 Å². The smallest absolute Gasteiger partial charge is 0.275 e. The molecule has 2 fully saturated rings. The molecular formula is C15H23N3OS. The van der Waals surface area contributed by atoms with Gasteiger partial charge < -0.3 is 0 Å². The number of rotatable bonds is 4. The number of amides is 1. The van der Waals surface area contributed by atoms with E-state index >= 15 is 0 Å². The third kappa shape index (κ3) is 2.90. The number of nitrogens with zero attached hydrogens (tertiary/aromatic N) is 1. The van der Waals surface area contributed by atoms with Crippen LogP contribution in [0.1, 0.15) is 53.1 Å². The topological polar surface area (TPSA) is 58.4 Å². The predicted molar refractivity (Wildman–Crippen MR) is 81.4 cm³/mol. The van der Waals surface area contributed by atoms with Crippen LogP contribution >= 0.6 is 11.3 Å². The molecule has 20 heavy (non-hydrogen) atoms. The van der Waals surface area contributed by atoms with Crippen LogP contribution in [0.15, 0.2) is 12.1 Å². The van der Waals surface area contributed by atoms with Gasteiger partial charge in [0.25, 0.3) is 5.91 Å². The summed E-state index contributed by atoms with van der Waals surface area (Å²) in [7, 11) is 0. The quantitative estimate of drug-likeness (QED) is 0.509. The molecule has 3 N–H and O–H groups in total. The van der Waals surface area contributed by atoms with Crippen LogP contribution in [0.3, 0.4) is 0 Å². The van der Waals surface area contributed by atoms with E-state index in [0.717, 1.165) is 18.5 Å².